The van der Waals surface area contributed by atoms with E-state index in [-0.39, 0.29) is 18.4 Å². The lowest BCUT2D eigenvalue weighted by Gasteiger charge is -2.13. The van der Waals surface area contributed by atoms with Crippen molar-refractivity contribution in [3.8, 4) is 0 Å². The maximum absolute atomic E-state index is 11.2. The fourth-order valence-corrected chi connectivity index (χ4v) is 1.19. The predicted octanol–water partition coefficient (Wildman–Crippen LogP) is -1.35. The van der Waals surface area contributed by atoms with Crippen LogP contribution in [0.1, 0.15) is 13.3 Å². The number of carbonyl (C=O) groups excluding carboxylic acids is 2. The van der Waals surface area contributed by atoms with E-state index in [0.717, 1.165) is 0 Å². The Balaban J connectivity index is 2.30. The number of carboxylic acids is 1. The summed E-state index contributed by atoms with van der Waals surface area (Å²) in [4.78, 5) is 32.4. The molecule has 0 aromatic rings. The molecule has 1 rings (SSSR count). The van der Waals surface area contributed by atoms with E-state index in [4.69, 9.17) is 5.11 Å². The van der Waals surface area contributed by atoms with Crippen LogP contribution in [0.25, 0.3) is 0 Å². The predicted molar refractivity (Wildman–Crippen MR) is 50.2 cm³/mol. The minimum Gasteiger partial charge on any atom is -0.480 e. The molecule has 3 amide bonds. The number of aliphatic carboxylic acids is 1. The minimum absolute atomic E-state index is 0.119. The zero-order chi connectivity index (χ0) is 11.4. The monoisotopic (exact) mass is 215 g/mol. The summed E-state index contributed by atoms with van der Waals surface area (Å²) in [5.74, 6) is -1.22. The van der Waals surface area contributed by atoms with Gasteiger partial charge in [0, 0.05) is 13.0 Å². The van der Waals surface area contributed by atoms with E-state index in [0.29, 0.717) is 6.54 Å². The molecule has 0 radical (unpaired) electrons. The quantitative estimate of drug-likeness (QED) is 0.466. The van der Waals surface area contributed by atoms with Gasteiger partial charge in [-0.2, -0.15) is 0 Å². The fourth-order valence-electron chi connectivity index (χ4n) is 1.19. The largest absolute Gasteiger partial charge is 0.480 e. The van der Waals surface area contributed by atoms with Crippen molar-refractivity contribution < 1.29 is 19.5 Å². The molecule has 0 spiro atoms. The highest BCUT2D eigenvalue weighted by atomic mass is 16.4. The first-order chi connectivity index (χ1) is 6.99. The van der Waals surface area contributed by atoms with Crippen LogP contribution >= 0.6 is 0 Å². The van der Waals surface area contributed by atoms with E-state index < -0.39 is 18.0 Å². The highest BCUT2D eigenvalue weighted by Gasteiger charge is 2.23. The molecule has 0 aliphatic carbocycles. The summed E-state index contributed by atoms with van der Waals surface area (Å²) in [5.41, 5.74) is 0. The molecule has 15 heavy (non-hydrogen) atoms. The summed E-state index contributed by atoms with van der Waals surface area (Å²) in [6.45, 7) is 1.74. The molecule has 84 valence electrons. The van der Waals surface area contributed by atoms with Crippen molar-refractivity contribution in [2.24, 2.45) is 0 Å². The lowest BCUT2D eigenvalue weighted by molar-refractivity contribution is -0.138. The summed E-state index contributed by atoms with van der Waals surface area (Å²) in [6.07, 6.45) is 0.231. The van der Waals surface area contributed by atoms with Crippen LogP contribution < -0.4 is 16.0 Å². The van der Waals surface area contributed by atoms with Gasteiger partial charge in [0.2, 0.25) is 5.91 Å². The first-order valence-corrected chi connectivity index (χ1v) is 4.55. The van der Waals surface area contributed by atoms with Crippen LogP contribution in [0.2, 0.25) is 0 Å². The minimum atomic E-state index is -1.11. The smallest absolute Gasteiger partial charge is 0.325 e. The zero-order valence-corrected chi connectivity index (χ0v) is 8.24. The average molecular weight is 215 g/mol. The number of hydrogen-bond acceptors (Lipinski definition) is 3. The van der Waals surface area contributed by atoms with Crippen LogP contribution in [0.15, 0.2) is 0 Å². The third-order valence-electron chi connectivity index (χ3n) is 2.03. The standard InChI is InChI=1S/C8H13N3O4/c1-4(7(13)14)10-8(15)11-5-2-6(12)9-3-5/h4-5H,2-3H2,1H3,(H,9,12)(H,13,14)(H2,10,11,15)/t4-,5?/m1/s1. The molecule has 2 atom stereocenters. The van der Waals surface area contributed by atoms with Gasteiger partial charge in [0.1, 0.15) is 6.04 Å². The van der Waals surface area contributed by atoms with Gasteiger partial charge in [-0.05, 0) is 6.92 Å². The van der Waals surface area contributed by atoms with Crippen molar-refractivity contribution in [1.82, 2.24) is 16.0 Å². The van der Waals surface area contributed by atoms with Gasteiger partial charge >= 0.3 is 12.0 Å². The van der Waals surface area contributed by atoms with E-state index in [1.165, 1.54) is 6.92 Å². The van der Waals surface area contributed by atoms with Crippen molar-refractivity contribution in [3.05, 3.63) is 0 Å². The number of urea groups is 1. The second kappa shape index (κ2) is 4.63. The molecule has 1 heterocycles. The van der Waals surface area contributed by atoms with Gasteiger partial charge in [-0.1, -0.05) is 0 Å². The maximum atomic E-state index is 11.2. The average Bonchev–Trinajstić information content (AvgIpc) is 2.50. The second-order valence-electron chi connectivity index (χ2n) is 3.38. The summed E-state index contributed by atoms with van der Waals surface area (Å²) in [7, 11) is 0. The molecule has 4 N–H and O–H groups in total. The summed E-state index contributed by atoms with van der Waals surface area (Å²) >= 11 is 0. The van der Waals surface area contributed by atoms with Crippen LogP contribution in [-0.4, -0.2) is 41.6 Å². The Bertz CT molecular complexity index is 292. The Labute approximate surface area is 86.2 Å². The number of carboxylic acid groups (broad SMARTS) is 1. The number of nitrogens with one attached hydrogen (secondary N) is 3. The molecule has 1 aliphatic heterocycles. The summed E-state index contributed by atoms with van der Waals surface area (Å²) in [6, 6.07) is -1.79. The van der Waals surface area contributed by atoms with Gasteiger partial charge in [0.25, 0.3) is 0 Å². The molecule has 7 nitrogen and oxygen atoms in total. The van der Waals surface area contributed by atoms with Gasteiger partial charge in [0.05, 0.1) is 6.04 Å². The van der Waals surface area contributed by atoms with Crippen molar-refractivity contribution in [2.75, 3.05) is 6.54 Å². The molecule has 1 saturated heterocycles. The zero-order valence-electron chi connectivity index (χ0n) is 8.24. The fraction of sp³-hybridized carbons (Fsp3) is 0.625. The Morgan fingerprint density at radius 3 is 2.73 bits per heavy atom. The molecule has 1 unspecified atom stereocenters. The van der Waals surface area contributed by atoms with Crippen LogP contribution in [0.5, 0.6) is 0 Å². The van der Waals surface area contributed by atoms with Crippen molar-refractivity contribution in [1.29, 1.82) is 0 Å². The molecule has 0 aromatic carbocycles. The van der Waals surface area contributed by atoms with Crippen LogP contribution in [-0.2, 0) is 9.59 Å². The molecule has 1 fully saturated rings. The third kappa shape index (κ3) is 3.45. The van der Waals surface area contributed by atoms with E-state index in [1.54, 1.807) is 0 Å². The van der Waals surface area contributed by atoms with Crippen molar-refractivity contribution in [2.45, 2.75) is 25.4 Å². The van der Waals surface area contributed by atoms with Gasteiger partial charge in [-0.3, -0.25) is 9.59 Å². The Hall–Kier alpha value is -1.79. The molecule has 1 aliphatic rings. The Morgan fingerprint density at radius 2 is 2.27 bits per heavy atom. The molecule has 0 saturated carbocycles. The van der Waals surface area contributed by atoms with Gasteiger partial charge in [0.15, 0.2) is 0 Å². The van der Waals surface area contributed by atoms with E-state index in [9.17, 15) is 14.4 Å². The van der Waals surface area contributed by atoms with E-state index >= 15 is 0 Å². The van der Waals surface area contributed by atoms with Crippen molar-refractivity contribution in [3.63, 3.8) is 0 Å². The highest BCUT2D eigenvalue weighted by Crippen LogP contribution is 1.98. The van der Waals surface area contributed by atoms with E-state index in [1.807, 2.05) is 0 Å². The summed E-state index contributed by atoms with van der Waals surface area (Å²) in [5, 5.41) is 15.8. The first kappa shape index (κ1) is 11.3. The third-order valence-corrected chi connectivity index (χ3v) is 2.03. The van der Waals surface area contributed by atoms with E-state index in [2.05, 4.69) is 16.0 Å². The maximum Gasteiger partial charge on any atom is 0.325 e. The molecule has 0 aromatic heterocycles. The van der Waals surface area contributed by atoms with Crippen molar-refractivity contribution >= 4 is 17.9 Å². The number of rotatable bonds is 3. The topological polar surface area (TPSA) is 108 Å². The first-order valence-electron chi connectivity index (χ1n) is 4.55. The molecular formula is C8H13N3O4. The number of amides is 3. The van der Waals surface area contributed by atoms with Crippen LogP contribution in [0.3, 0.4) is 0 Å². The highest BCUT2D eigenvalue weighted by molar-refractivity contribution is 5.84. The lowest BCUT2D eigenvalue weighted by atomic mass is 10.2. The van der Waals surface area contributed by atoms with Crippen LogP contribution in [0.4, 0.5) is 4.79 Å². The Kier molecular flexibility index (Phi) is 3.48. The molecule has 7 heteroatoms. The summed E-state index contributed by atoms with van der Waals surface area (Å²) < 4.78 is 0. The van der Waals surface area contributed by atoms with Gasteiger partial charge in [-0.25, -0.2) is 4.79 Å². The second-order valence-corrected chi connectivity index (χ2v) is 3.38. The van der Waals surface area contributed by atoms with Gasteiger partial charge in [-0.15, -0.1) is 0 Å². The number of hydrogen-bond donors (Lipinski definition) is 4. The Morgan fingerprint density at radius 1 is 1.60 bits per heavy atom. The lowest BCUT2D eigenvalue weighted by Crippen LogP contribution is -2.48. The molecule has 0 bridgehead atoms. The number of carbonyl (C=O) groups is 3. The van der Waals surface area contributed by atoms with Gasteiger partial charge < -0.3 is 21.1 Å². The normalized spacial score (nSPS) is 21.7. The SMILES string of the molecule is C[C@@H](NC(=O)NC1CNC(=O)C1)C(=O)O. The molecular weight excluding hydrogens is 202 g/mol. The van der Waals surface area contributed by atoms with Crippen LogP contribution in [0, 0.1) is 0 Å².